The predicted molar refractivity (Wildman–Crippen MR) is 91.8 cm³/mol. The molecule has 0 aromatic carbocycles. The molecule has 0 aromatic rings. The van der Waals surface area contributed by atoms with Crippen LogP contribution in [0, 0.1) is 0 Å². The van der Waals surface area contributed by atoms with Gasteiger partial charge in [0.2, 0.25) is 0 Å². The number of nitrogens with zero attached hydrogens (tertiary/aromatic N) is 4. The van der Waals surface area contributed by atoms with E-state index in [0.717, 1.165) is 26.2 Å². The SMILES string of the molecule is CCN(CC)CCN1CCN(CCN(CC)CCN)CC1. The molecule has 0 aromatic heterocycles. The first-order valence-corrected chi connectivity index (χ1v) is 8.82. The van der Waals surface area contributed by atoms with Crippen LogP contribution < -0.4 is 5.73 Å². The van der Waals surface area contributed by atoms with Crippen LogP contribution in [0.15, 0.2) is 0 Å². The van der Waals surface area contributed by atoms with E-state index in [1.165, 1.54) is 58.9 Å². The minimum absolute atomic E-state index is 0.771. The smallest absolute Gasteiger partial charge is 0.0110 e. The molecule has 0 amide bonds. The van der Waals surface area contributed by atoms with Crippen LogP contribution in [-0.4, -0.2) is 105 Å². The second-order valence-corrected chi connectivity index (χ2v) is 5.93. The Bertz CT molecular complexity index is 237. The summed E-state index contributed by atoms with van der Waals surface area (Å²) in [5.41, 5.74) is 5.65. The topological polar surface area (TPSA) is 39.0 Å². The van der Waals surface area contributed by atoms with Crippen LogP contribution in [0.2, 0.25) is 0 Å². The van der Waals surface area contributed by atoms with Crippen LogP contribution in [0.5, 0.6) is 0 Å². The van der Waals surface area contributed by atoms with E-state index >= 15 is 0 Å². The van der Waals surface area contributed by atoms with Crippen LogP contribution in [-0.2, 0) is 0 Å². The van der Waals surface area contributed by atoms with Crippen LogP contribution in [0.25, 0.3) is 0 Å². The summed E-state index contributed by atoms with van der Waals surface area (Å²) in [6, 6.07) is 0. The van der Waals surface area contributed by atoms with Crippen molar-refractivity contribution in [1.29, 1.82) is 0 Å². The summed E-state index contributed by atoms with van der Waals surface area (Å²) in [5, 5.41) is 0. The van der Waals surface area contributed by atoms with Crippen molar-refractivity contribution in [2.24, 2.45) is 5.73 Å². The molecule has 21 heavy (non-hydrogen) atoms. The van der Waals surface area contributed by atoms with Gasteiger partial charge in [-0.05, 0) is 19.6 Å². The van der Waals surface area contributed by atoms with Gasteiger partial charge in [-0.15, -0.1) is 0 Å². The second kappa shape index (κ2) is 11.4. The summed E-state index contributed by atoms with van der Waals surface area (Å²) >= 11 is 0. The highest BCUT2D eigenvalue weighted by atomic mass is 15.3. The fourth-order valence-corrected chi connectivity index (χ4v) is 2.95. The second-order valence-electron chi connectivity index (χ2n) is 5.93. The molecule has 0 spiro atoms. The largest absolute Gasteiger partial charge is 0.329 e. The lowest BCUT2D eigenvalue weighted by Crippen LogP contribution is -2.50. The average molecular weight is 300 g/mol. The molecule has 2 N–H and O–H groups in total. The molecule has 1 saturated heterocycles. The van der Waals surface area contributed by atoms with E-state index in [4.69, 9.17) is 5.73 Å². The van der Waals surface area contributed by atoms with Gasteiger partial charge in [0, 0.05) is 65.4 Å². The Balaban J connectivity index is 2.14. The number of rotatable bonds is 11. The number of nitrogens with two attached hydrogens (primary N) is 1. The van der Waals surface area contributed by atoms with Gasteiger partial charge in [0.05, 0.1) is 0 Å². The molecule has 0 atom stereocenters. The van der Waals surface area contributed by atoms with Gasteiger partial charge in [0.1, 0.15) is 0 Å². The van der Waals surface area contributed by atoms with Gasteiger partial charge in [0.25, 0.3) is 0 Å². The van der Waals surface area contributed by atoms with Gasteiger partial charge < -0.3 is 15.5 Å². The summed E-state index contributed by atoms with van der Waals surface area (Å²) < 4.78 is 0. The molecule has 0 radical (unpaired) electrons. The molecule has 0 bridgehead atoms. The number of piperazine rings is 1. The van der Waals surface area contributed by atoms with Crippen LogP contribution in [0.4, 0.5) is 0 Å². The Labute approximate surface area is 132 Å². The van der Waals surface area contributed by atoms with Gasteiger partial charge in [-0.1, -0.05) is 20.8 Å². The quantitative estimate of drug-likeness (QED) is 0.591. The minimum Gasteiger partial charge on any atom is -0.329 e. The highest BCUT2D eigenvalue weighted by Gasteiger charge is 2.17. The van der Waals surface area contributed by atoms with Crippen molar-refractivity contribution in [3.63, 3.8) is 0 Å². The monoisotopic (exact) mass is 299 g/mol. The van der Waals surface area contributed by atoms with Gasteiger partial charge in [-0.25, -0.2) is 0 Å². The molecular formula is C16H37N5. The first kappa shape index (κ1) is 18.8. The highest BCUT2D eigenvalue weighted by molar-refractivity contribution is 4.74. The highest BCUT2D eigenvalue weighted by Crippen LogP contribution is 2.02. The van der Waals surface area contributed by atoms with Gasteiger partial charge in [-0.2, -0.15) is 0 Å². The first-order valence-electron chi connectivity index (χ1n) is 8.82. The summed E-state index contributed by atoms with van der Waals surface area (Å²) in [5.74, 6) is 0. The van der Waals surface area contributed by atoms with Crippen molar-refractivity contribution in [3.05, 3.63) is 0 Å². The first-order chi connectivity index (χ1) is 10.2. The van der Waals surface area contributed by atoms with Crippen molar-refractivity contribution in [2.75, 3.05) is 85.1 Å². The molecule has 5 nitrogen and oxygen atoms in total. The van der Waals surface area contributed by atoms with Crippen LogP contribution in [0.1, 0.15) is 20.8 Å². The van der Waals surface area contributed by atoms with Gasteiger partial charge in [0.15, 0.2) is 0 Å². The zero-order valence-electron chi connectivity index (χ0n) is 14.6. The van der Waals surface area contributed by atoms with E-state index < -0.39 is 0 Å². The lowest BCUT2D eigenvalue weighted by molar-refractivity contribution is 0.110. The van der Waals surface area contributed by atoms with Crippen molar-refractivity contribution >= 4 is 0 Å². The Morgan fingerprint density at radius 1 is 0.714 bits per heavy atom. The summed E-state index contributed by atoms with van der Waals surface area (Å²) in [6.45, 7) is 21.7. The van der Waals surface area contributed by atoms with E-state index in [1.807, 2.05) is 0 Å². The zero-order chi connectivity index (χ0) is 15.5. The van der Waals surface area contributed by atoms with Gasteiger partial charge >= 0.3 is 0 Å². The number of hydrogen-bond acceptors (Lipinski definition) is 5. The van der Waals surface area contributed by atoms with Crippen molar-refractivity contribution in [1.82, 2.24) is 19.6 Å². The predicted octanol–water partition coefficient (Wildman–Crippen LogP) is 0.226. The molecule has 1 aliphatic heterocycles. The Morgan fingerprint density at radius 3 is 1.52 bits per heavy atom. The van der Waals surface area contributed by atoms with Crippen LogP contribution in [0.3, 0.4) is 0 Å². The number of hydrogen-bond donors (Lipinski definition) is 1. The van der Waals surface area contributed by atoms with E-state index in [-0.39, 0.29) is 0 Å². The van der Waals surface area contributed by atoms with Crippen molar-refractivity contribution < 1.29 is 0 Å². The Kier molecular flexibility index (Phi) is 10.2. The summed E-state index contributed by atoms with van der Waals surface area (Å²) in [7, 11) is 0. The maximum absolute atomic E-state index is 5.65. The van der Waals surface area contributed by atoms with Crippen molar-refractivity contribution in [2.45, 2.75) is 20.8 Å². The molecule has 0 aliphatic carbocycles. The van der Waals surface area contributed by atoms with E-state index in [0.29, 0.717) is 0 Å². The summed E-state index contributed by atoms with van der Waals surface area (Å²) in [4.78, 5) is 10.2. The fourth-order valence-electron chi connectivity index (χ4n) is 2.95. The molecule has 1 aliphatic rings. The standard InChI is InChI=1S/C16H37N5/c1-4-18(5-2)9-11-20-13-15-21(16-14-20)12-10-19(6-3)8-7-17/h4-17H2,1-3H3. The molecule has 5 heteroatoms. The van der Waals surface area contributed by atoms with E-state index in [9.17, 15) is 0 Å². The average Bonchev–Trinajstić information content (AvgIpc) is 2.53. The third kappa shape index (κ3) is 7.56. The van der Waals surface area contributed by atoms with E-state index in [1.54, 1.807) is 0 Å². The van der Waals surface area contributed by atoms with Gasteiger partial charge in [-0.3, -0.25) is 9.80 Å². The normalized spacial score (nSPS) is 18.0. The lowest BCUT2D eigenvalue weighted by Gasteiger charge is -2.36. The lowest BCUT2D eigenvalue weighted by atomic mass is 10.3. The summed E-state index contributed by atoms with van der Waals surface area (Å²) in [6.07, 6.45) is 0. The third-order valence-corrected chi connectivity index (χ3v) is 4.72. The molecule has 0 unspecified atom stereocenters. The Morgan fingerprint density at radius 2 is 1.14 bits per heavy atom. The molecule has 1 rings (SSSR count). The molecule has 126 valence electrons. The van der Waals surface area contributed by atoms with Crippen molar-refractivity contribution in [3.8, 4) is 0 Å². The maximum Gasteiger partial charge on any atom is 0.0110 e. The molecule has 1 heterocycles. The fraction of sp³-hybridized carbons (Fsp3) is 1.00. The minimum atomic E-state index is 0.771. The number of likely N-dealkylation sites (N-methyl/N-ethyl adjacent to an activating group) is 2. The van der Waals surface area contributed by atoms with E-state index in [2.05, 4.69) is 40.4 Å². The third-order valence-electron chi connectivity index (χ3n) is 4.72. The maximum atomic E-state index is 5.65. The molecular weight excluding hydrogens is 262 g/mol. The Hall–Kier alpha value is -0.200. The molecule has 1 fully saturated rings. The van der Waals surface area contributed by atoms with Crippen LogP contribution >= 0.6 is 0 Å². The molecule has 0 saturated carbocycles. The zero-order valence-corrected chi connectivity index (χ0v) is 14.6.